The van der Waals surface area contributed by atoms with E-state index in [4.69, 9.17) is 14.2 Å². The molecular formula is C21H32N4O6S. The monoisotopic (exact) mass is 468 g/mol. The first kappa shape index (κ1) is 25.6. The molecule has 2 rings (SSSR count). The molecule has 0 aliphatic carbocycles. The molecule has 0 saturated carbocycles. The second-order valence-corrected chi connectivity index (χ2v) is 8.92. The number of aromatic nitrogens is 2. The maximum atomic E-state index is 13.2. The molecule has 0 aliphatic heterocycles. The topological polar surface area (TPSA) is 112 Å². The van der Waals surface area contributed by atoms with Gasteiger partial charge in [-0.15, -0.1) is 0 Å². The number of hydrogen-bond acceptors (Lipinski definition) is 7. The molecule has 1 N–H and O–H groups in total. The van der Waals surface area contributed by atoms with Gasteiger partial charge in [0.1, 0.15) is 5.75 Å². The van der Waals surface area contributed by atoms with E-state index >= 15 is 0 Å². The zero-order valence-electron chi connectivity index (χ0n) is 19.0. The molecule has 0 saturated heterocycles. The highest BCUT2D eigenvalue weighted by atomic mass is 32.2. The van der Waals surface area contributed by atoms with Gasteiger partial charge in [0, 0.05) is 33.9 Å². The first-order chi connectivity index (χ1) is 15.4. The zero-order valence-corrected chi connectivity index (χ0v) is 19.9. The van der Waals surface area contributed by atoms with Gasteiger partial charge in [-0.05, 0) is 24.6 Å². The Morgan fingerprint density at radius 3 is 2.59 bits per heavy atom. The fraction of sp³-hybridized carbons (Fsp3) is 0.524. The van der Waals surface area contributed by atoms with Crippen LogP contribution in [0.3, 0.4) is 0 Å². The number of amides is 2. The molecule has 11 heteroatoms. The molecule has 0 fully saturated rings. The van der Waals surface area contributed by atoms with Crippen LogP contribution in [0.2, 0.25) is 0 Å². The van der Waals surface area contributed by atoms with E-state index < -0.39 is 9.84 Å². The van der Waals surface area contributed by atoms with Crippen molar-refractivity contribution >= 4 is 15.9 Å². The number of rotatable bonds is 13. The number of methoxy groups -OCH3 is 3. The van der Waals surface area contributed by atoms with Crippen LogP contribution in [0.15, 0.2) is 35.6 Å². The van der Waals surface area contributed by atoms with E-state index in [0.717, 1.165) is 0 Å². The Morgan fingerprint density at radius 2 is 1.94 bits per heavy atom. The zero-order chi connectivity index (χ0) is 23.6. The van der Waals surface area contributed by atoms with Gasteiger partial charge in [0.05, 0.1) is 44.5 Å². The van der Waals surface area contributed by atoms with Gasteiger partial charge in [-0.2, -0.15) is 0 Å². The van der Waals surface area contributed by atoms with Crippen LogP contribution in [0.4, 0.5) is 4.79 Å². The van der Waals surface area contributed by atoms with Crippen molar-refractivity contribution in [2.24, 2.45) is 0 Å². The van der Waals surface area contributed by atoms with Crippen molar-refractivity contribution in [2.75, 3.05) is 47.6 Å². The smallest absolute Gasteiger partial charge is 0.317 e. The molecule has 32 heavy (non-hydrogen) atoms. The summed E-state index contributed by atoms with van der Waals surface area (Å²) in [6.07, 6.45) is 1.49. The summed E-state index contributed by atoms with van der Waals surface area (Å²) in [5.41, 5.74) is 1.19. The van der Waals surface area contributed by atoms with E-state index in [1.165, 1.54) is 13.3 Å². The van der Waals surface area contributed by atoms with E-state index in [9.17, 15) is 13.2 Å². The van der Waals surface area contributed by atoms with Gasteiger partial charge in [0.15, 0.2) is 0 Å². The quantitative estimate of drug-likeness (QED) is 0.476. The minimum absolute atomic E-state index is 0.0602. The molecule has 0 radical (unpaired) electrons. The molecule has 1 heterocycles. The Labute approximate surface area is 189 Å². The van der Waals surface area contributed by atoms with Crippen LogP contribution in [0.5, 0.6) is 5.75 Å². The Hall–Kier alpha value is -2.63. The molecule has 0 aliphatic rings. The number of ether oxygens (including phenoxy) is 3. The van der Waals surface area contributed by atoms with Crippen LogP contribution in [0.1, 0.15) is 18.2 Å². The fourth-order valence-corrected chi connectivity index (χ4v) is 4.65. The lowest BCUT2D eigenvalue weighted by Crippen LogP contribution is -2.41. The van der Waals surface area contributed by atoms with Gasteiger partial charge in [0.2, 0.25) is 15.0 Å². The minimum atomic E-state index is -3.76. The molecule has 0 spiro atoms. The van der Waals surface area contributed by atoms with Crippen molar-refractivity contribution in [3.8, 4) is 5.75 Å². The Balaban J connectivity index is 2.35. The van der Waals surface area contributed by atoms with Gasteiger partial charge in [0.25, 0.3) is 0 Å². The summed E-state index contributed by atoms with van der Waals surface area (Å²) in [5, 5.41) is 2.70. The van der Waals surface area contributed by atoms with Crippen molar-refractivity contribution in [3.63, 3.8) is 0 Å². The third-order valence-corrected chi connectivity index (χ3v) is 6.32. The number of sulfone groups is 1. The van der Waals surface area contributed by atoms with Crippen LogP contribution in [-0.4, -0.2) is 76.5 Å². The Kier molecular flexibility index (Phi) is 9.95. The lowest BCUT2D eigenvalue weighted by atomic mass is 10.2. The Bertz CT molecular complexity index is 976. The van der Waals surface area contributed by atoms with Crippen LogP contribution < -0.4 is 10.1 Å². The second-order valence-electron chi connectivity index (χ2n) is 7.04. The van der Waals surface area contributed by atoms with Gasteiger partial charge < -0.3 is 29.0 Å². The number of urea groups is 1. The predicted octanol–water partition coefficient (Wildman–Crippen LogP) is 1.69. The van der Waals surface area contributed by atoms with E-state index in [1.807, 2.05) is 6.92 Å². The highest BCUT2D eigenvalue weighted by molar-refractivity contribution is 7.90. The lowest BCUT2D eigenvalue weighted by Gasteiger charge is -2.23. The Morgan fingerprint density at radius 1 is 1.19 bits per heavy atom. The average Bonchev–Trinajstić information content (AvgIpc) is 3.18. The predicted molar refractivity (Wildman–Crippen MR) is 119 cm³/mol. The molecule has 0 atom stereocenters. The SMILES string of the molecule is CCNC(=O)N(CCOC)Cc1cnc(S(=O)(=O)Cc2cccc(OC)c2)n1CCOC. The van der Waals surface area contributed by atoms with Gasteiger partial charge in [-0.3, -0.25) is 0 Å². The molecule has 1 aromatic carbocycles. The maximum Gasteiger partial charge on any atom is 0.317 e. The molecule has 2 amide bonds. The summed E-state index contributed by atoms with van der Waals surface area (Å²) >= 11 is 0. The van der Waals surface area contributed by atoms with Gasteiger partial charge in [-0.25, -0.2) is 18.2 Å². The third kappa shape index (κ3) is 6.94. The highest BCUT2D eigenvalue weighted by Crippen LogP contribution is 2.21. The molecule has 1 aromatic heterocycles. The number of benzene rings is 1. The van der Waals surface area contributed by atoms with Crippen molar-refractivity contribution in [2.45, 2.75) is 30.9 Å². The summed E-state index contributed by atoms with van der Waals surface area (Å²) in [4.78, 5) is 18.2. The minimum Gasteiger partial charge on any atom is -0.497 e. The molecular weight excluding hydrogens is 436 g/mol. The van der Waals surface area contributed by atoms with Crippen molar-refractivity contribution < 1.29 is 27.4 Å². The summed E-state index contributed by atoms with van der Waals surface area (Å²) < 4.78 is 43.5. The lowest BCUT2D eigenvalue weighted by molar-refractivity contribution is 0.144. The highest BCUT2D eigenvalue weighted by Gasteiger charge is 2.25. The van der Waals surface area contributed by atoms with Gasteiger partial charge in [-0.1, -0.05) is 12.1 Å². The van der Waals surface area contributed by atoms with E-state index in [-0.39, 0.29) is 30.0 Å². The number of carbonyl (C=O) groups excluding carboxylic acids is 1. The van der Waals surface area contributed by atoms with Gasteiger partial charge >= 0.3 is 6.03 Å². The first-order valence-corrected chi connectivity index (χ1v) is 11.9. The fourth-order valence-electron chi connectivity index (χ4n) is 3.15. The van der Waals surface area contributed by atoms with E-state index in [0.29, 0.717) is 43.3 Å². The van der Waals surface area contributed by atoms with Crippen molar-refractivity contribution in [1.82, 2.24) is 19.8 Å². The van der Waals surface area contributed by atoms with Crippen LogP contribution >= 0.6 is 0 Å². The number of imidazole rings is 1. The standard InChI is InChI=1S/C21H32N4O6S/c1-5-22-20(26)24(9-11-29-2)15-18-14-23-21(25(18)10-12-30-3)32(27,28)16-17-7-6-8-19(13-17)31-4/h6-8,13-14H,5,9-12,15-16H2,1-4H3,(H,22,26). The second kappa shape index (κ2) is 12.4. The number of nitrogens with zero attached hydrogens (tertiary/aromatic N) is 3. The molecule has 2 aromatic rings. The summed E-state index contributed by atoms with van der Waals surface area (Å²) in [6.45, 7) is 3.77. The molecule has 0 unspecified atom stereocenters. The first-order valence-electron chi connectivity index (χ1n) is 10.3. The molecule has 0 bridgehead atoms. The summed E-state index contributed by atoms with van der Waals surface area (Å²) in [5.74, 6) is 0.356. The van der Waals surface area contributed by atoms with Crippen molar-refractivity contribution in [3.05, 3.63) is 41.7 Å². The normalized spacial score (nSPS) is 11.4. The average molecular weight is 469 g/mol. The van der Waals surface area contributed by atoms with E-state index in [1.54, 1.807) is 48.0 Å². The van der Waals surface area contributed by atoms with Crippen molar-refractivity contribution in [1.29, 1.82) is 0 Å². The van der Waals surface area contributed by atoms with Crippen LogP contribution in [-0.2, 0) is 38.2 Å². The summed E-state index contributed by atoms with van der Waals surface area (Å²) in [6, 6.07) is 6.65. The number of carbonyl (C=O) groups is 1. The largest absolute Gasteiger partial charge is 0.497 e. The maximum absolute atomic E-state index is 13.2. The number of hydrogen-bond donors (Lipinski definition) is 1. The number of nitrogens with one attached hydrogen (secondary N) is 1. The summed E-state index contributed by atoms with van der Waals surface area (Å²) in [7, 11) is 0.864. The molecule has 178 valence electrons. The van der Waals surface area contributed by atoms with Crippen LogP contribution in [0, 0.1) is 0 Å². The van der Waals surface area contributed by atoms with Crippen LogP contribution in [0.25, 0.3) is 0 Å². The molecule has 10 nitrogen and oxygen atoms in total. The third-order valence-electron chi connectivity index (χ3n) is 4.72. The van der Waals surface area contributed by atoms with E-state index in [2.05, 4.69) is 10.3 Å².